The molecule has 2 heterocycles. The van der Waals surface area contributed by atoms with E-state index in [0.717, 1.165) is 5.75 Å². The molecule has 1 aliphatic heterocycles. The van der Waals surface area contributed by atoms with Gasteiger partial charge in [-0.05, 0) is 45.1 Å². The van der Waals surface area contributed by atoms with E-state index in [0.29, 0.717) is 6.04 Å². The summed E-state index contributed by atoms with van der Waals surface area (Å²) in [5.41, 5.74) is 6.33. The lowest BCUT2D eigenvalue weighted by Gasteiger charge is -2.32. The van der Waals surface area contributed by atoms with Gasteiger partial charge in [-0.2, -0.15) is 4.57 Å². The third-order valence-electron chi connectivity index (χ3n) is 6.34. The Morgan fingerprint density at radius 2 is 1.59 bits per heavy atom. The minimum Gasteiger partial charge on any atom is -0.470 e. The Morgan fingerprint density at radius 1 is 0.862 bits per heavy atom. The quantitative estimate of drug-likeness (QED) is 0.533. The van der Waals surface area contributed by atoms with E-state index >= 15 is 0 Å². The maximum Gasteiger partial charge on any atom is 0.213 e. The molecule has 0 saturated heterocycles. The predicted molar refractivity (Wildman–Crippen MR) is 117 cm³/mol. The van der Waals surface area contributed by atoms with Crippen molar-refractivity contribution in [3.8, 4) is 28.1 Å². The smallest absolute Gasteiger partial charge is 0.213 e. The number of aromatic nitrogens is 1. The highest BCUT2D eigenvalue weighted by Crippen LogP contribution is 2.44. The van der Waals surface area contributed by atoms with Crippen LogP contribution in [-0.2, 0) is 0 Å². The van der Waals surface area contributed by atoms with Gasteiger partial charge in [-0.1, -0.05) is 42.8 Å². The van der Waals surface area contributed by atoms with Crippen LogP contribution < -0.4 is 9.30 Å². The SMILES string of the molecule is CN(C)C1Oc2ccccc2-c2cc(-c3ccccc3)[n+](C3CCCCC3)cc21. The van der Waals surface area contributed by atoms with E-state index in [-0.39, 0.29) is 6.23 Å². The Bertz CT molecular complexity index is 1010. The van der Waals surface area contributed by atoms with Gasteiger partial charge in [0.25, 0.3) is 0 Å². The molecule has 3 heteroatoms. The summed E-state index contributed by atoms with van der Waals surface area (Å²) in [6, 6.07) is 22.2. The van der Waals surface area contributed by atoms with Gasteiger partial charge >= 0.3 is 0 Å². The first kappa shape index (κ1) is 18.4. The molecule has 1 aromatic heterocycles. The Kier molecular flexibility index (Phi) is 4.84. The average Bonchev–Trinajstić information content (AvgIpc) is 2.78. The van der Waals surface area contributed by atoms with Crippen molar-refractivity contribution >= 4 is 0 Å². The highest BCUT2D eigenvalue weighted by molar-refractivity contribution is 5.77. The standard InChI is InChI=1S/C26H29N2O/c1-27(2)26-23-18-28(20-13-7-4-8-14-20)24(19-11-5-3-6-12-19)17-22(23)21-15-9-10-16-25(21)29-26/h3,5-6,9-12,15-18,20,26H,4,7-8,13-14H2,1-2H3/q+1. The summed E-state index contributed by atoms with van der Waals surface area (Å²) in [6.45, 7) is 0. The number of rotatable bonds is 3. The fourth-order valence-corrected chi connectivity index (χ4v) is 4.88. The van der Waals surface area contributed by atoms with Crippen LogP contribution in [0.4, 0.5) is 0 Å². The zero-order valence-corrected chi connectivity index (χ0v) is 17.3. The molecule has 0 radical (unpaired) electrons. The summed E-state index contributed by atoms with van der Waals surface area (Å²) in [5, 5.41) is 0. The fraction of sp³-hybridized carbons (Fsp3) is 0.346. The normalized spacial score (nSPS) is 18.8. The summed E-state index contributed by atoms with van der Waals surface area (Å²) < 4.78 is 8.96. The van der Waals surface area contributed by atoms with Crippen molar-refractivity contribution in [2.75, 3.05) is 14.1 Å². The van der Waals surface area contributed by atoms with Gasteiger partial charge in [0.1, 0.15) is 5.75 Å². The molecule has 2 aromatic carbocycles. The first-order valence-corrected chi connectivity index (χ1v) is 10.8. The predicted octanol–water partition coefficient (Wildman–Crippen LogP) is 5.77. The molecule has 2 aliphatic rings. The number of hydrogen-bond donors (Lipinski definition) is 0. The first-order valence-electron chi connectivity index (χ1n) is 10.8. The van der Waals surface area contributed by atoms with Gasteiger partial charge in [0, 0.05) is 35.6 Å². The van der Waals surface area contributed by atoms with Crippen LogP contribution in [0.25, 0.3) is 22.4 Å². The highest BCUT2D eigenvalue weighted by atomic mass is 16.5. The minimum absolute atomic E-state index is 0.0698. The van der Waals surface area contributed by atoms with E-state index in [4.69, 9.17) is 4.74 Å². The molecule has 1 atom stereocenters. The van der Waals surface area contributed by atoms with E-state index in [1.807, 2.05) is 0 Å². The number of benzene rings is 2. The maximum atomic E-state index is 6.42. The van der Waals surface area contributed by atoms with Gasteiger partial charge in [0.2, 0.25) is 5.69 Å². The van der Waals surface area contributed by atoms with Gasteiger partial charge in [0.15, 0.2) is 18.5 Å². The van der Waals surface area contributed by atoms with E-state index in [1.165, 1.54) is 60.1 Å². The van der Waals surface area contributed by atoms with Crippen LogP contribution in [-0.4, -0.2) is 19.0 Å². The van der Waals surface area contributed by atoms with Crippen LogP contribution in [0.15, 0.2) is 66.9 Å². The van der Waals surface area contributed by atoms with Crippen LogP contribution >= 0.6 is 0 Å². The molecule has 1 unspecified atom stereocenters. The second-order valence-corrected chi connectivity index (χ2v) is 8.52. The lowest BCUT2D eigenvalue weighted by atomic mass is 9.91. The lowest BCUT2D eigenvalue weighted by molar-refractivity contribution is -0.716. The summed E-state index contributed by atoms with van der Waals surface area (Å²) in [5.74, 6) is 0.966. The Labute approximate surface area is 173 Å². The van der Waals surface area contributed by atoms with Crippen molar-refractivity contribution in [2.45, 2.75) is 44.4 Å². The molecule has 0 amide bonds. The second kappa shape index (κ2) is 7.64. The third-order valence-corrected chi connectivity index (χ3v) is 6.34. The van der Waals surface area contributed by atoms with Gasteiger partial charge in [-0.15, -0.1) is 0 Å². The molecule has 148 valence electrons. The molecule has 0 spiro atoms. The molecule has 29 heavy (non-hydrogen) atoms. The van der Waals surface area contributed by atoms with E-state index < -0.39 is 0 Å². The second-order valence-electron chi connectivity index (χ2n) is 8.52. The van der Waals surface area contributed by atoms with E-state index in [2.05, 4.69) is 90.4 Å². The molecule has 1 fully saturated rings. The highest BCUT2D eigenvalue weighted by Gasteiger charge is 2.34. The average molecular weight is 386 g/mol. The Balaban J connectivity index is 1.75. The molecule has 1 aliphatic carbocycles. The van der Waals surface area contributed by atoms with Gasteiger partial charge in [0.05, 0.1) is 5.56 Å². The maximum absolute atomic E-state index is 6.42. The van der Waals surface area contributed by atoms with Crippen LogP contribution in [0.3, 0.4) is 0 Å². The van der Waals surface area contributed by atoms with Crippen LogP contribution in [0, 0.1) is 0 Å². The van der Waals surface area contributed by atoms with Crippen molar-refractivity contribution < 1.29 is 9.30 Å². The molecule has 0 N–H and O–H groups in total. The zero-order chi connectivity index (χ0) is 19.8. The van der Waals surface area contributed by atoms with Crippen molar-refractivity contribution in [1.29, 1.82) is 0 Å². The first-order chi connectivity index (χ1) is 14.2. The van der Waals surface area contributed by atoms with Gasteiger partial charge < -0.3 is 4.74 Å². The lowest BCUT2D eigenvalue weighted by Crippen LogP contribution is -2.44. The van der Waals surface area contributed by atoms with Crippen LogP contribution in [0.1, 0.15) is 49.9 Å². The van der Waals surface area contributed by atoms with Crippen molar-refractivity contribution in [2.24, 2.45) is 0 Å². The van der Waals surface area contributed by atoms with Crippen molar-refractivity contribution in [3.63, 3.8) is 0 Å². The van der Waals surface area contributed by atoms with Crippen molar-refractivity contribution in [1.82, 2.24) is 4.90 Å². The number of hydrogen-bond acceptors (Lipinski definition) is 2. The number of fused-ring (bicyclic) bond motifs is 3. The van der Waals surface area contributed by atoms with Crippen LogP contribution in [0.5, 0.6) is 5.75 Å². The number of pyridine rings is 1. The zero-order valence-electron chi connectivity index (χ0n) is 17.3. The minimum atomic E-state index is -0.0698. The largest absolute Gasteiger partial charge is 0.470 e. The van der Waals surface area contributed by atoms with Crippen molar-refractivity contribution in [3.05, 3.63) is 72.4 Å². The van der Waals surface area contributed by atoms with Gasteiger partial charge in [-0.25, -0.2) is 0 Å². The molecular weight excluding hydrogens is 356 g/mol. The van der Waals surface area contributed by atoms with E-state index in [1.54, 1.807) is 0 Å². The summed E-state index contributed by atoms with van der Waals surface area (Å²) in [6.07, 6.45) is 8.83. The Morgan fingerprint density at radius 3 is 2.34 bits per heavy atom. The van der Waals surface area contributed by atoms with Gasteiger partial charge in [-0.3, -0.25) is 4.90 Å². The fourth-order valence-electron chi connectivity index (χ4n) is 4.88. The summed E-state index contributed by atoms with van der Waals surface area (Å²) in [4.78, 5) is 2.17. The number of para-hydroxylation sites is 1. The third kappa shape index (κ3) is 3.34. The molecule has 0 bridgehead atoms. The summed E-state index contributed by atoms with van der Waals surface area (Å²) >= 11 is 0. The molecule has 3 aromatic rings. The Hall–Kier alpha value is -2.65. The number of nitrogens with zero attached hydrogens (tertiary/aromatic N) is 2. The molecular formula is C26H29N2O+. The monoisotopic (exact) mass is 385 g/mol. The number of ether oxygens (including phenoxy) is 1. The van der Waals surface area contributed by atoms with Crippen LogP contribution in [0.2, 0.25) is 0 Å². The van der Waals surface area contributed by atoms with E-state index in [9.17, 15) is 0 Å². The molecule has 1 saturated carbocycles. The molecule has 3 nitrogen and oxygen atoms in total. The topological polar surface area (TPSA) is 16.4 Å². The summed E-state index contributed by atoms with van der Waals surface area (Å²) in [7, 11) is 4.19. The molecule has 5 rings (SSSR count).